The fourth-order valence-electron chi connectivity index (χ4n) is 3.06. The van der Waals surface area contributed by atoms with Gasteiger partial charge < -0.3 is 0 Å². The molecule has 1 aromatic carbocycles. The second kappa shape index (κ2) is 9.75. The Morgan fingerprint density at radius 2 is 1.93 bits per heavy atom. The van der Waals surface area contributed by atoms with Crippen molar-refractivity contribution in [2.45, 2.75) is 43.7 Å². The number of hydrogen-bond acceptors (Lipinski definition) is 5. The number of halogens is 1. The Hall–Kier alpha value is -2.06. The predicted molar refractivity (Wildman–Crippen MR) is 104 cm³/mol. The highest BCUT2D eigenvalue weighted by atomic mass is 35.5. The Labute approximate surface area is 167 Å². The number of nitrogens with one attached hydrogen (secondary N) is 3. The standard InChI is InChI=1S/C18H22ClN5O2S/c19-14-8-6-13(7-9-14)17(26)23-22-16(25)11-27-18-20-15(21-24-18)10-5-12-3-1-2-4-12/h6-9,12H,1-5,10-11H2,(H,22,25)(H,23,26)(H,20,21,24). The molecule has 27 heavy (non-hydrogen) atoms. The second-order valence-electron chi connectivity index (χ2n) is 6.55. The molecule has 1 saturated carbocycles. The predicted octanol–water partition coefficient (Wildman–Crippen LogP) is 3.13. The van der Waals surface area contributed by atoms with Crippen LogP contribution in [0.15, 0.2) is 29.4 Å². The van der Waals surface area contributed by atoms with E-state index < -0.39 is 5.91 Å². The molecular weight excluding hydrogens is 386 g/mol. The quantitative estimate of drug-likeness (QED) is 0.483. The van der Waals surface area contributed by atoms with Gasteiger partial charge in [0.2, 0.25) is 11.1 Å². The van der Waals surface area contributed by atoms with Crippen LogP contribution in [0.4, 0.5) is 0 Å². The monoisotopic (exact) mass is 407 g/mol. The molecule has 1 heterocycles. The molecule has 0 atom stereocenters. The molecule has 0 saturated heterocycles. The van der Waals surface area contributed by atoms with Gasteiger partial charge in [-0.05, 0) is 36.6 Å². The normalized spacial score (nSPS) is 14.3. The van der Waals surface area contributed by atoms with Crippen molar-refractivity contribution in [2.75, 3.05) is 5.75 Å². The van der Waals surface area contributed by atoms with Gasteiger partial charge in [-0.15, -0.1) is 5.10 Å². The van der Waals surface area contributed by atoms with Gasteiger partial charge in [-0.25, -0.2) is 4.98 Å². The number of amides is 2. The number of aryl methyl sites for hydroxylation is 1. The van der Waals surface area contributed by atoms with Crippen LogP contribution >= 0.6 is 23.4 Å². The summed E-state index contributed by atoms with van der Waals surface area (Å²) in [7, 11) is 0. The Morgan fingerprint density at radius 1 is 1.19 bits per heavy atom. The van der Waals surface area contributed by atoms with Gasteiger partial charge in [0, 0.05) is 17.0 Å². The van der Waals surface area contributed by atoms with E-state index in [0.717, 1.165) is 24.6 Å². The third kappa shape index (κ3) is 6.25. The molecule has 1 aromatic heterocycles. The van der Waals surface area contributed by atoms with Crippen LogP contribution in [0.2, 0.25) is 5.02 Å². The number of nitrogens with zero attached hydrogens (tertiary/aromatic N) is 2. The van der Waals surface area contributed by atoms with Crippen molar-refractivity contribution in [3.8, 4) is 0 Å². The zero-order valence-electron chi connectivity index (χ0n) is 14.8. The lowest BCUT2D eigenvalue weighted by atomic mass is 10.0. The van der Waals surface area contributed by atoms with E-state index in [1.54, 1.807) is 24.3 Å². The maximum Gasteiger partial charge on any atom is 0.269 e. The van der Waals surface area contributed by atoms with Gasteiger partial charge in [0.1, 0.15) is 5.82 Å². The van der Waals surface area contributed by atoms with Crippen molar-refractivity contribution in [2.24, 2.45) is 5.92 Å². The Kier molecular flexibility index (Phi) is 7.11. The summed E-state index contributed by atoms with van der Waals surface area (Å²) in [5, 5.41) is 8.15. The van der Waals surface area contributed by atoms with Crippen molar-refractivity contribution < 1.29 is 9.59 Å². The van der Waals surface area contributed by atoms with Gasteiger partial charge in [0.25, 0.3) is 5.91 Å². The van der Waals surface area contributed by atoms with Crippen LogP contribution < -0.4 is 10.9 Å². The second-order valence-corrected chi connectivity index (χ2v) is 7.93. The summed E-state index contributed by atoms with van der Waals surface area (Å²) in [6.07, 6.45) is 7.34. The van der Waals surface area contributed by atoms with Crippen molar-refractivity contribution in [1.82, 2.24) is 26.0 Å². The molecule has 7 nitrogen and oxygen atoms in total. The van der Waals surface area contributed by atoms with Crippen molar-refractivity contribution >= 4 is 35.2 Å². The highest BCUT2D eigenvalue weighted by Gasteiger charge is 2.16. The molecule has 0 spiro atoms. The fourth-order valence-corrected chi connectivity index (χ4v) is 3.80. The van der Waals surface area contributed by atoms with E-state index in [4.69, 9.17) is 11.6 Å². The van der Waals surface area contributed by atoms with E-state index in [2.05, 4.69) is 26.0 Å². The van der Waals surface area contributed by atoms with Crippen LogP contribution in [0, 0.1) is 5.92 Å². The first kappa shape index (κ1) is 19.7. The lowest BCUT2D eigenvalue weighted by Crippen LogP contribution is -2.42. The lowest BCUT2D eigenvalue weighted by Gasteiger charge is -2.06. The summed E-state index contributed by atoms with van der Waals surface area (Å²) >= 11 is 7.00. The van der Waals surface area contributed by atoms with Gasteiger partial charge in [-0.1, -0.05) is 49.0 Å². The number of aromatic amines is 1. The zero-order chi connectivity index (χ0) is 19.1. The van der Waals surface area contributed by atoms with E-state index in [-0.39, 0.29) is 11.7 Å². The highest BCUT2D eigenvalue weighted by molar-refractivity contribution is 7.99. The third-order valence-corrected chi connectivity index (χ3v) is 5.63. The van der Waals surface area contributed by atoms with Gasteiger partial charge in [0.15, 0.2) is 0 Å². The number of carbonyl (C=O) groups is 2. The molecule has 0 aliphatic heterocycles. The number of hydrogen-bond donors (Lipinski definition) is 3. The average Bonchev–Trinajstić information content (AvgIpc) is 3.35. The molecule has 2 aromatic rings. The molecule has 144 valence electrons. The zero-order valence-corrected chi connectivity index (χ0v) is 16.4. The van der Waals surface area contributed by atoms with Gasteiger partial charge in [0.05, 0.1) is 5.75 Å². The van der Waals surface area contributed by atoms with Crippen molar-refractivity contribution in [1.29, 1.82) is 0 Å². The molecule has 0 radical (unpaired) electrons. The maximum absolute atomic E-state index is 11.9. The summed E-state index contributed by atoms with van der Waals surface area (Å²) in [4.78, 5) is 28.2. The number of thioether (sulfide) groups is 1. The van der Waals surface area contributed by atoms with E-state index >= 15 is 0 Å². The van der Waals surface area contributed by atoms with Crippen LogP contribution in [0.3, 0.4) is 0 Å². The molecular formula is C18H22ClN5O2S. The summed E-state index contributed by atoms with van der Waals surface area (Å²) < 4.78 is 0. The van der Waals surface area contributed by atoms with Gasteiger partial charge in [-0.2, -0.15) is 0 Å². The fraction of sp³-hybridized carbons (Fsp3) is 0.444. The van der Waals surface area contributed by atoms with Crippen molar-refractivity contribution in [3.05, 3.63) is 40.7 Å². The topological polar surface area (TPSA) is 99.8 Å². The van der Waals surface area contributed by atoms with E-state index in [1.807, 2.05) is 0 Å². The molecule has 1 aliphatic rings. The van der Waals surface area contributed by atoms with Crippen LogP contribution in [0.5, 0.6) is 0 Å². The molecule has 1 aliphatic carbocycles. The summed E-state index contributed by atoms with van der Waals surface area (Å²) in [5.41, 5.74) is 5.15. The van der Waals surface area contributed by atoms with Crippen LogP contribution in [-0.4, -0.2) is 32.7 Å². The van der Waals surface area contributed by atoms with Gasteiger partial charge in [-0.3, -0.25) is 25.5 Å². The smallest absolute Gasteiger partial charge is 0.269 e. The number of benzene rings is 1. The average molecular weight is 408 g/mol. The third-order valence-electron chi connectivity index (χ3n) is 4.53. The first-order valence-corrected chi connectivity index (χ1v) is 10.4. The highest BCUT2D eigenvalue weighted by Crippen LogP contribution is 2.28. The Bertz CT molecular complexity index is 774. The Balaban J connectivity index is 1.36. The minimum atomic E-state index is -0.405. The number of hydrazine groups is 1. The number of H-pyrrole nitrogens is 1. The number of aromatic nitrogens is 3. The van der Waals surface area contributed by atoms with Crippen LogP contribution in [-0.2, 0) is 11.2 Å². The van der Waals surface area contributed by atoms with Crippen LogP contribution in [0.1, 0.15) is 48.3 Å². The molecule has 3 N–H and O–H groups in total. The molecule has 2 amide bonds. The first-order valence-electron chi connectivity index (χ1n) is 8.99. The minimum Gasteiger partial charge on any atom is -0.272 e. The first-order chi connectivity index (χ1) is 13.1. The summed E-state index contributed by atoms with van der Waals surface area (Å²) in [6, 6.07) is 6.39. The number of rotatable bonds is 7. The molecule has 9 heteroatoms. The SMILES string of the molecule is O=C(CSc1n[nH]c(CCC2CCCC2)n1)NNC(=O)c1ccc(Cl)cc1. The van der Waals surface area contributed by atoms with Crippen LogP contribution in [0.25, 0.3) is 0 Å². The minimum absolute atomic E-state index is 0.112. The molecule has 0 unspecified atom stereocenters. The Morgan fingerprint density at radius 3 is 2.67 bits per heavy atom. The lowest BCUT2D eigenvalue weighted by molar-refractivity contribution is -0.119. The summed E-state index contributed by atoms with van der Waals surface area (Å²) in [6.45, 7) is 0. The van der Waals surface area contributed by atoms with E-state index in [0.29, 0.717) is 15.7 Å². The van der Waals surface area contributed by atoms with Gasteiger partial charge >= 0.3 is 0 Å². The largest absolute Gasteiger partial charge is 0.272 e. The molecule has 0 bridgehead atoms. The van der Waals surface area contributed by atoms with Crippen molar-refractivity contribution in [3.63, 3.8) is 0 Å². The summed E-state index contributed by atoms with van der Waals surface area (Å²) in [5.74, 6) is 1.04. The maximum atomic E-state index is 11.9. The molecule has 3 rings (SSSR count). The van der Waals surface area contributed by atoms with E-state index in [1.165, 1.54) is 37.4 Å². The number of carbonyl (C=O) groups excluding carboxylic acids is 2. The van der Waals surface area contributed by atoms with E-state index in [9.17, 15) is 9.59 Å². The molecule has 1 fully saturated rings.